The summed E-state index contributed by atoms with van der Waals surface area (Å²) in [5, 5.41) is 17.4. The van der Waals surface area contributed by atoms with Gasteiger partial charge in [0.15, 0.2) is 5.78 Å². The maximum atomic E-state index is 13.9. The maximum absolute atomic E-state index is 13.9. The molecule has 2 amide bonds. The van der Waals surface area contributed by atoms with Gasteiger partial charge in [-0.15, -0.1) is 0 Å². The Hall–Kier alpha value is -3.21. The standard InChI is InChI=1S/C29H35F2N3O5/c1-3-7-39-24-15-25(32-16-24)28(37)26(10-18-8-21(30)14-22(31)9-18)33-29(38)20-11-19(17(2)35)12-23(13-20)34-6-4-5-27(34)36/h8-9,11-14,24-26,28,32,37H,3-7,10,15-16H2,1-2H3,(H,33,38)/t24-,25-,26+,28-/m1/s1. The monoisotopic (exact) mass is 543 g/mol. The summed E-state index contributed by atoms with van der Waals surface area (Å²) in [7, 11) is 0. The molecule has 4 rings (SSSR count). The number of benzene rings is 2. The van der Waals surface area contributed by atoms with Crippen LogP contribution in [0.2, 0.25) is 0 Å². The Morgan fingerprint density at radius 1 is 1.15 bits per heavy atom. The number of anilines is 1. The van der Waals surface area contributed by atoms with E-state index in [-0.39, 0.29) is 40.9 Å². The number of Topliss-reactive ketones (excluding diaryl/α,β-unsaturated/α-hetero) is 1. The Morgan fingerprint density at radius 2 is 1.87 bits per heavy atom. The van der Waals surface area contributed by atoms with Crippen LogP contribution >= 0.6 is 0 Å². The van der Waals surface area contributed by atoms with Gasteiger partial charge in [0.25, 0.3) is 5.91 Å². The zero-order valence-electron chi connectivity index (χ0n) is 22.2. The van der Waals surface area contributed by atoms with E-state index in [0.717, 1.165) is 24.6 Å². The van der Waals surface area contributed by atoms with Crippen LogP contribution in [-0.4, -0.2) is 66.7 Å². The molecule has 210 valence electrons. The fourth-order valence-corrected chi connectivity index (χ4v) is 5.20. The molecule has 2 saturated heterocycles. The number of aliphatic hydroxyl groups is 1. The van der Waals surface area contributed by atoms with E-state index in [9.17, 15) is 28.3 Å². The normalized spacial score (nSPS) is 20.7. The Balaban J connectivity index is 1.60. The zero-order chi connectivity index (χ0) is 28.1. The molecule has 8 nitrogen and oxygen atoms in total. The molecule has 0 radical (unpaired) electrons. The van der Waals surface area contributed by atoms with Gasteiger partial charge in [-0.2, -0.15) is 0 Å². The Labute approximate surface area is 226 Å². The molecule has 3 N–H and O–H groups in total. The van der Waals surface area contributed by atoms with Gasteiger partial charge in [0.05, 0.1) is 18.2 Å². The van der Waals surface area contributed by atoms with Gasteiger partial charge in [-0.25, -0.2) is 8.78 Å². The molecule has 4 atom stereocenters. The van der Waals surface area contributed by atoms with Crippen LogP contribution in [0.25, 0.3) is 0 Å². The number of hydrogen-bond acceptors (Lipinski definition) is 6. The second-order valence-electron chi connectivity index (χ2n) is 10.3. The number of nitrogens with zero attached hydrogens (tertiary/aromatic N) is 1. The molecule has 0 aromatic heterocycles. The van der Waals surface area contributed by atoms with E-state index in [1.807, 2.05) is 6.92 Å². The molecular weight excluding hydrogens is 508 g/mol. The van der Waals surface area contributed by atoms with Gasteiger partial charge >= 0.3 is 0 Å². The maximum Gasteiger partial charge on any atom is 0.251 e. The van der Waals surface area contributed by atoms with E-state index < -0.39 is 35.7 Å². The number of carbonyl (C=O) groups excluding carboxylic acids is 3. The van der Waals surface area contributed by atoms with E-state index >= 15 is 0 Å². The summed E-state index contributed by atoms with van der Waals surface area (Å²) < 4.78 is 33.7. The minimum Gasteiger partial charge on any atom is -0.389 e. The van der Waals surface area contributed by atoms with Crippen molar-refractivity contribution in [2.75, 3.05) is 24.6 Å². The van der Waals surface area contributed by atoms with Crippen molar-refractivity contribution in [1.82, 2.24) is 10.6 Å². The van der Waals surface area contributed by atoms with Gasteiger partial charge in [0.1, 0.15) is 11.6 Å². The fraction of sp³-hybridized carbons (Fsp3) is 0.483. The SMILES string of the molecule is CCCO[C@H]1CN[C@@H]([C@@H](O)[C@H](Cc2cc(F)cc(F)c2)NC(=O)c2cc(C(C)=O)cc(N3CCCC3=O)c2)C1. The van der Waals surface area contributed by atoms with Crippen LogP contribution in [-0.2, 0) is 16.0 Å². The molecule has 0 bridgehead atoms. The first-order chi connectivity index (χ1) is 18.6. The molecule has 2 aromatic carbocycles. The van der Waals surface area contributed by atoms with Crippen molar-refractivity contribution >= 4 is 23.3 Å². The molecule has 2 aliphatic rings. The zero-order valence-corrected chi connectivity index (χ0v) is 22.2. The molecule has 0 unspecified atom stereocenters. The lowest BCUT2D eigenvalue weighted by Crippen LogP contribution is -2.52. The van der Waals surface area contributed by atoms with Crippen LogP contribution in [0.4, 0.5) is 14.5 Å². The lowest BCUT2D eigenvalue weighted by molar-refractivity contribution is -0.117. The summed E-state index contributed by atoms with van der Waals surface area (Å²) in [5.41, 5.74) is 1.14. The molecule has 2 fully saturated rings. The fourth-order valence-electron chi connectivity index (χ4n) is 5.20. The topological polar surface area (TPSA) is 108 Å². The predicted octanol–water partition coefficient (Wildman–Crippen LogP) is 3.15. The summed E-state index contributed by atoms with van der Waals surface area (Å²) in [5.74, 6) is -2.45. The third kappa shape index (κ3) is 7.26. The van der Waals surface area contributed by atoms with Crippen LogP contribution in [0.1, 0.15) is 65.8 Å². The smallest absolute Gasteiger partial charge is 0.251 e. The average Bonchev–Trinajstić information content (AvgIpc) is 3.54. The van der Waals surface area contributed by atoms with E-state index in [2.05, 4.69) is 10.6 Å². The molecule has 0 saturated carbocycles. The Kier molecular flexibility index (Phi) is 9.42. The summed E-state index contributed by atoms with van der Waals surface area (Å²) in [6.45, 7) is 4.99. The van der Waals surface area contributed by atoms with Crippen LogP contribution in [0.5, 0.6) is 0 Å². The van der Waals surface area contributed by atoms with Gasteiger partial charge < -0.3 is 25.4 Å². The van der Waals surface area contributed by atoms with Gasteiger partial charge in [-0.3, -0.25) is 14.4 Å². The molecule has 2 heterocycles. The van der Waals surface area contributed by atoms with Crippen LogP contribution in [0.15, 0.2) is 36.4 Å². The van der Waals surface area contributed by atoms with Crippen LogP contribution in [0, 0.1) is 11.6 Å². The molecular formula is C29H35F2N3O5. The second-order valence-corrected chi connectivity index (χ2v) is 10.3. The van der Waals surface area contributed by atoms with Crippen LogP contribution < -0.4 is 15.5 Å². The first-order valence-electron chi connectivity index (χ1n) is 13.4. The van der Waals surface area contributed by atoms with Crippen molar-refractivity contribution in [3.8, 4) is 0 Å². The van der Waals surface area contributed by atoms with Gasteiger partial charge in [-0.1, -0.05) is 6.92 Å². The molecule has 0 spiro atoms. The highest BCUT2D eigenvalue weighted by Gasteiger charge is 2.35. The van der Waals surface area contributed by atoms with Crippen molar-refractivity contribution in [2.24, 2.45) is 0 Å². The molecule has 2 aliphatic heterocycles. The average molecular weight is 544 g/mol. The van der Waals surface area contributed by atoms with Crippen molar-refractivity contribution in [2.45, 2.75) is 70.2 Å². The molecule has 2 aromatic rings. The van der Waals surface area contributed by atoms with E-state index in [0.29, 0.717) is 44.6 Å². The van der Waals surface area contributed by atoms with Gasteiger partial charge in [0, 0.05) is 55.0 Å². The lowest BCUT2D eigenvalue weighted by Gasteiger charge is -2.29. The number of nitrogens with one attached hydrogen (secondary N) is 2. The number of hydrogen-bond donors (Lipinski definition) is 3. The predicted molar refractivity (Wildman–Crippen MR) is 142 cm³/mol. The largest absolute Gasteiger partial charge is 0.389 e. The highest BCUT2D eigenvalue weighted by Crippen LogP contribution is 2.25. The number of ether oxygens (including phenoxy) is 1. The lowest BCUT2D eigenvalue weighted by atomic mass is 9.94. The summed E-state index contributed by atoms with van der Waals surface area (Å²) >= 11 is 0. The Bertz CT molecular complexity index is 1200. The van der Waals surface area contributed by atoms with Crippen LogP contribution in [0.3, 0.4) is 0 Å². The number of carbonyl (C=O) groups is 3. The third-order valence-electron chi connectivity index (χ3n) is 7.17. The Morgan fingerprint density at radius 3 is 2.51 bits per heavy atom. The molecule has 0 aliphatic carbocycles. The number of aliphatic hydroxyl groups excluding tert-OH is 1. The summed E-state index contributed by atoms with van der Waals surface area (Å²) in [6, 6.07) is 6.32. The first-order valence-corrected chi connectivity index (χ1v) is 13.4. The van der Waals surface area contributed by atoms with E-state index in [1.54, 1.807) is 17.0 Å². The number of rotatable bonds is 11. The van der Waals surface area contributed by atoms with Crippen molar-refractivity contribution in [1.29, 1.82) is 0 Å². The summed E-state index contributed by atoms with van der Waals surface area (Å²) in [6.07, 6.45) is 1.20. The van der Waals surface area contributed by atoms with E-state index in [1.165, 1.54) is 13.0 Å². The molecule has 39 heavy (non-hydrogen) atoms. The van der Waals surface area contributed by atoms with Crippen molar-refractivity contribution < 1.29 is 33.0 Å². The minimum absolute atomic E-state index is 0.0376. The first kappa shape index (κ1) is 28.8. The summed E-state index contributed by atoms with van der Waals surface area (Å²) in [4.78, 5) is 39.6. The van der Waals surface area contributed by atoms with E-state index in [4.69, 9.17) is 4.74 Å². The van der Waals surface area contributed by atoms with Crippen molar-refractivity contribution in [3.05, 3.63) is 64.7 Å². The quantitative estimate of drug-likeness (QED) is 0.376. The number of ketones is 1. The highest BCUT2D eigenvalue weighted by molar-refractivity contribution is 6.03. The minimum atomic E-state index is -1.11. The number of amides is 2. The molecule has 10 heteroatoms. The number of halogens is 2. The third-order valence-corrected chi connectivity index (χ3v) is 7.17. The van der Waals surface area contributed by atoms with Gasteiger partial charge in [-0.05, 0) is 68.5 Å². The van der Waals surface area contributed by atoms with Crippen molar-refractivity contribution in [3.63, 3.8) is 0 Å². The second kappa shape index (κ2) is 12.8. The highest BCUT2D eigenvalue weighted by atomic mass is 19.1. The van der Waals surface area contributed by atoms with Gasteiger partial charge in [0.2, 0.25) is 5.91 Å².